The summed E-state index contributed by atoms with van der Waals surface area (Å²) in [4.78, 5) is 14.6. The van der Waals surface area contributed by atoms with Gasteiger partial charge in [-0.3, -0.25) is 9.48 Å². The van der Waals surface area contributed by atoms with Gasteiger partial charge in [0.1, 0.15) is 0 Å². The van der Waals surface area contributed by atoms with Crippen molar-refractivity contribution in [3.8, 4) is 0 Å². The van der Waals surface area contributed by atoms with E-state index in [-0.39, 0.29) is 5.91 Å². The van der Waals surface area contributed by atoms with Crippen molar-refractivity contribution in [2.75, 3.05) is 5.32 Å². The van der Waals surface area contributed by atoms with Gasteiger partial charge < -0.3 is 5.32 Å². The highest BCUT2D eigenvalue weighted by Gasteiger charge is 2.18. The molecule has 0 radical (unpaired) electrons. The van der Waals surface area contributed by atoms with E-state index in [0.29, 0.717) is 15.2 Å². The van der Waals surface area contributed by atoms with Crippen molar-refractivity contribution in [3.05, 3.63) is 69.4 Å². The molecule has 0 aliphatic rings. The Bertz CT molecular complexity index is 925. The van der Waals surface area contributed by atoms with Crippen LogP contribution in [0.3, 0.4) is 0 Å². The number of para-hydroxylation sites is 1. The topological polar surface area (TPSA) is 46.9 Å². The molecule has 0 fully saturated rings. The van der Waals surface area contributed by atoms with Crippen molar-refractivity contribution >= 4 is 50.9 Å². The van der Waals surface area contributed by atoms with Crippen molar-refractivity contribution < 1.29 is 4.79 Å². The second-order valence-corrected chi connectivity index (χ2v) is 7.72. The minimum Gasteiger partial charge on any atom is -0.320 e. The second-order valence-electron chi connectivity index (χ2n) is 5.38. The molecule has 0 saturated carbocycles. The largest absolute Gasteiger partial charge is 0.320 e. The summed E-state index contributed by atoms with van der Waals surface area (Å²) in [6, 6.07) is 15.3. The standard InChI is InChI=1S/C18H15BrClN3OS/c1-11-16(19)17(22-23(11)2)18(24)21-14-5-3-4-6-15(14)25-13-9-7-12(20)8-10-13/h3-10H,1-2H3,(H,21,24). The normalized spacial score (nSPS) is 10.7. The van der Waals surface area contributed by atoms with Crippen molar-refractivity contribution in [1.29, 1.82) is 0 Å². The van der Waals surface area contributed by atoms with Gasteiger partial charge in [0.15, 0.2) is 5.69 Å². The molecule has 0 bridgehead atoms. The lowest BCUT2D eigenvalue weighted by molar-refractivity contribution is 0.102. The quantitative estimate of drug-likeness (QED) is 0.583. The molecule has 1 aromatic heterocycles. The van der Waals surface area contributed by atoms with Crippen LogP contribution in [-0.2, 0) is 7.05 Å². The van der Waals surface area contributed by atoms with Crippen LogP contribution in [0.4, 0.5) is 5.69 Å². The number of hydrogen-bond donors (Lipinski definition) is 1. The third-order valence-corrected chi connectivity index (χ3v) is 5.94. The van der Waals surface area contributed by atoms with E-state index in [0.717, 1.165) is 21.2 Å². The molecule has 0 aliphatic carbocycles. The molecule has 2 aromatic carbocycles. The SMILES string of the molecule is Cc1c(Br)c(C(=O)Nc2ccccc2Sc2ccc(Cl)cc2)nn1C. The molecular formula is C18H15BrClN3OS. The molecule has 0 aliphatic heterocycles. The number of anilines is 1. The van der Waals surface area contributed by atoms with Crippen molar-refractivity contribution in [2.24, 2.45) is 7.05 Å². The molecule has 0 atom stereocenters. The average molecular weight is 437 g/mol. The van der Waals surface area contributed by atoms with Crippen LogP contribution >= 0.6 is 39.3 Å². The van der Waals surface area contributed by atoms with Crippen LogP contribution in [-0.4, -0.2) is 15.7 Å². The Labute approximate surface area is 163 Å². The minimum absolute atomic E-state index is 0.250. The first kappa shape index (κ1) is 18.0. The fourth-order valence-electron chi connectivity index (χ4n) is 2.20. The Morgan fingerprint density at radius 3 is 2.52 bits per heavy atom. The molecule has 0 unspecified atom stereocenters. The van der Waals surface area contributed by atoms with Gasteiger partial charge in [0.25, 0.3) is 5.91 Å². The molecule has 0 saturated heterocycles. The molecule has 7 heteroatoms. The summed E-state index contributed by atoms with van der Waals surface area (Å²) in [5, 5.41) is 7.91. The van der Waals surface area contributed by atoms with Gasteiger partial charge in [-0.15, -0.1) is 0 Å². The monoisotopic (exact) mass is 435 g/mol. The van der Waals surface area contributed by atoms with Crippen LogP contribution in [0.2, 0.25) is 5.02 Å². The zero-order chi connectivity index (χ0) is 18.0. The maximum absolute atomic E-state index is 12.6. The number of rotatable bonds is 4. The fraction of sp³-hybridized carbons (Fsp3) is 0.111. The second kappa shape index (κ2) is 7.64. The summed E-state index contributed by atoms with van der Waals surface area (Å²) >= 11 is 10.9. The molecule has 4 nitrogen and oxygen atoms in total. The summed E-state index contributed by atoms with van der Waals surface area (Å²) in [5.41, 5.74) is 2.00. The number of aryl methyl sites for hydroxylation is 1. The lowest BCUT2D eigenvalue weighted by atomic mass is 10.3. The third kappa shape index (κ3) is 4.08. The first-order valence-electron chi connectivity index (χ1n) is 7.48. The van der Waals surface area contributed by atoms with Crippen LogP contribution < -0.4 is 5.32 Å². The van der Waals surface area contributed by atoms with E-state index in [9.17, 15) is 4.79 Å². The molecule has 3 aromatic rings. The fourth-order valence-corrected chi connectivity index (χ4v) is 3.74. The van der Waals surface area contributed by atoms with Gasteiger partial charge in [-0.25, -0.2) is 0 Å². The smallest absolute Gasteiger partial charge is 0.277 e. The highest BCUT2D eigenvalue weighted by Crippen LogP contribution is 2.34. The minimum atomic E-state index is -0.250. The highest BCUT2D eigenvalue weighted by molar-refractivity contribution is 9.10. The van der Waals surface area contributed by atoms with Crippen molar-refractivity contribution in [1.82, 2.24) is 9.78 Å². The van der Waals surface area contributed by atoms with E-state index in [1.807, 2.05) is 55.5 Å². The van der Waals surface area contributed by atoms with Crippen LogP contribution in [0.25, 0.3) is 0 Å². The third-order valence-electron chi connectivity index (χ3n) is 3.65. The maximum Gasteiger partial charge on any atom is 0.277 e. The first-order valence-corrected chi connectivity index (χ1v) is 9.47. The van der Waals surface area contributed by atoms with Gasteiger partial charge in [-0.05, 0) is 59.3 Å². The van der Waals surface area contributed by atoms with Crippen LogP contribution in [0.1, 0.15) is 16.2 Å². The summed E-state index contributed by atoms with van der Waals surface area (Å²) in [5.74, 6) is -0.250. The molecule has 128 valence electrons. The molecule has 25 heavy (non-hydrogen) atoms. The zero-order valence-corrected chi connectivity index (χ0v) is 16.7. The number of nitrogens with zero attached hydrogens (tertiary/aromatic N) is 2. The van der Waals surface area contributed by atoms with Crippen LogP contribution in [0, 0.1) is 6.92 Å². The Hall–Kier alpha value is -1.76. The first-order chi connectivity index (χ1) is 12.0. The molecule has 1 heterocycles. The van der Waals surface area contributed by atoms with Crippen molar-refractivity contribution in [3.63, 3.8) is 0 Å². The predicted octanol–water partition coefficient (Wildman–Crippen LogP) is 5.55. The van der Waals surface area contributed by atoms with E-state index < -0.39 is 0 Å². The van der Waals surface area contributed by atoms with Gasteiger partial charge in [0.2, 0.25) is 0 Å². The number of nitrogens with one attached hydrogen (secondary N) is 1. The Balaban J connectivity index is 1.84. The van der Waals surface area contributed by atoms with E-state index >= 15 is 0 Å². The Kier molecular flexibility index (Phi) is 5.51. The lowest BCUT2D eigenvalue weighted by Gasteiger charge is -2.10. The maximum atomic E-state index is 12.6. The number of hydrogen-bond acceptors (Lipinski definition) is 3. The Morgan fingerprint density at radius 1 is 1.20 bits per heavy atom. The van der Waals surface area contributed by atoms with Gasteiger partial charge in [-0.1, -0.05) is 35.5 Å². The molecule has 1 N–H and O–H groups in total. The zero-order valence-electron chi connectivity index (χ0n) is 13.6. The number of benzene rings is 2. The summed E-state index contributed by atoms with van der Waals surface area (Å²) in [7, 11) is 1.81. The number of carbonyl (C=O) groups is 1. The van der Waals surface area contributed by atoms with E-state index in [4.69, 9.17) is 11.6 Å². The molecule has 0 spiro atoms. The average Bonchev–Trinajstić information content (AvgIpc) is 2.86. The van der Waals surface area contributed by atoms with Crippen molar-refractivity contribution in [2.45, 2.75) is 16.7 Å². The van der Waals surface area contributed by atoms with Crippen LogP contribution in [0.15, 0.2) is 62.8 Å². The van der Waals surface area contributed by atoms with E-state index in [1.54, 1.807) is 23.5 Å². The van der Waals surface area contributed by atoms with Gasteiger partial charge in [0.05, 0.1) is 15.9 Å². The van der Waals surface area contributed by atoms with Crippen LogP contribution in [0.5, 0.6) is 0 Å². The van der Waals surface area contributed by atoms with E-state index in [2.05, 4.69) is 26.3 Å². The molecule has 3 rings (SSSR count). The lowest BCUT2D eigenvalue weighted by Crippen LogP contribution is -2.14. The Morgan fingerprint density at radius 2 is 1.88 bits per heavy atom. The van der Waals surface area contributed by atoms with E-state index in [1.165, 1.54) is 0 Å². The number of aromatic nitrogens is 2. The number of amides is 1. The number of halogens is 2. The molecular weight excluding hydrogens is 422 g/mol. The summed E-state index contributed by atoms with van der Waals surface area (Å²) in [6.45, 7) is 1.90. The van der Waals surface area contributed by atoms with Gasteiger partial charge in [-0.2, -0.15) is 5.10 Å². The highest BCUT2D eigenvalue weighted by atomic mass is 79.9. The number of carbonyl (C=O) groups excluding carboxylic acids is 1. The van der Waals surface area contributed by atoms with Gasteiger partial charge >= 0.3 is 0 Å². The predicted molar refractivity (Wildman–Crippen MR) is 106 cm³/mol. The summed E-state index contributed by atoms with van der Waals surface area (Å²) < 4.78 is 2.38. The molecule has 1 amide bonds. The van der Waals surface area contributed by atoms with Gasteiger partial charge in [0, 0.05) is 21.9 Å². The summed E-state index contributed by atoms with van der Waals surface area (Å²) in [6.07, 6.45) is 0.